The molecule has 3 rings (SSSR count). The summed E-state index contributed by atoms with van der Waals surface area (Å²) >= 11 is 6.08. The molecule has 0 saturated carbocycles. The summed E-state index contributed by atoms with van der Waals surface area (Å²) in [6.07, 6.45) is 0.509. The Morgan fingerprint density at radius 3 is 2.45 bits per heavy atom. The Balaban J connectivity index is 2.10. The highest BCUT2D eigenvalue weighted by Crippen LogP contribution is 2.37. The van der Waals surface area contributed by atoms with E-state index in [1.165, 1.54) is 0 Å². The monoisotopic (exact) mass is 317 g/mol. The molecule has 5 nitrogen and oxygen atoms in total. The van der Waals surface area contributed by atoms with Gasteiger partial charge in [0, 0.05) is 11.6 Å². The third-order valence-electron chi connectivity index (χ3n) is 3.26. The summed E-state index contributed by atoms with van der Waals surface area (Å²) in [6.45, 7) is 0.832. The number of benzene rings is 2. The fraction of sp³-hybridized carbons (Fsp3) is 0.125. The Kier molecular flexibility index (Phi) is 3.98. The van der Waals surface area contributed by atoms with Crippen molar-refractivity contribution in [3.05, 3.63) is 52.5 Å². The van der Waals surface area contributed by atoms with Gasteiger partial charge in [-0.1, -0.05) is 23.7 Å². The van der Waals surface area contributed by atoms with Gasteiger partial charge in [0.1, 0.15) is 13.2 Å². The second-order valence-electron chi connectivity index (χ2n) is 4.61. The number of nitrogens with one attached hydrogen (secondary N) is 1. The van der Waals surface area contributed by atoms with Crippen molar-refractivity contribution in [1.82, 2.24) is 0 Å². The van der Waals surface area contributed by atoms with Gasteiger partial charge in [0.25, 0.3) is 0 Å². The van der Waals surface area contributed by atoms with Gasteiger partial charge in [0.15, 0.2) is 17.3 Å². The minimum atomic E-state index is -0.299. The van der Waals surface area contributed by atoms with Crippen LogP contribution in [-0.4, -0.2) is 25.4 Å². The Hall–Kier alpha value is -2.53. The lowest BCUT2D eigenvalue weighted by Crippen LogP contribution is -2.17. The van der Waals surface area contributed by atoms with E-state index in [1.807, 2.05) is 0 Å². The van der Waals surface area contributed by atoms with Crippen LogP contribution in [0.3, 0.4) is 0 Å². The number of fused-ring (bicyclic) bond motifs is 1. The Bertz CT molecular complexity index is 745. The zero-order valence-corrected chi connectivity index (χ0v) is 12.2. The minimum Gasteiger partial charge on any atom is -0.486 e. The van der Waals surface area contributed by atoms with Crippen LogP contribution in [0.4, 0.5) is 5.69 Å². The van der Waals surface area contributed by atoms with Crippen molar-refractivity contribution in [3.8, 4) is 11.5 Å². The average molecular weight is 318 g/mol. The third kappa shape index (κ3) is 2.63. The van der Waals surface area contributed by atoms with Gasteiger partial charge in [0.05, 0.1) is 16.3 Å². The zero-order valence-electron chi connectivity index (χ0n) is 11.5. The molecule has 0 aliphatic carbocycles. The maximum absolute atomic E-state index is 12.7. The molecule has 2 aromatic rings. The van der Waals surface area contributed by atoms with Gasteiger partial charge in [-0.2, -0.15) is 0 Å². The summed E-state index contributed by atoms with van der Waals surface area (Å²) in [7, 11) is 0. The van der Waals surface area contributed by atoms with Gasteiger partial charge >= 0.3 is 0 Å². The molecule has 6 heteroatoms. The van der Waals surface area contributed by atoms with E-state index in [0.717, 1.165) is 0 Å². The normalized spacial score (nSPS) is 12.6. The van der Waals surface area contributed by atoms with E-state index in [2.05, 4.69) is 5.32 Å². The van der Waals surface area contributed by atoms with Crippen molar-refractivity contribution >= 4 is 29.5 Å². The topological polar surface area (TPSA) is 64.6 Å². The quantitative estimate of drug-likeness (QED) is 0.695. The number of halogens is 1. The average Bonchev–Trinajstić information content (AvgIpc) is 2.54. The van der Waals surface area contributed by atoms with Crippen LogP contribution in [0.1, 0.15) is 15.9 Å². The lowest BCUT2D eigenvalue weighted by atomic mass is 10.0. The minimum absolute atomic E-state index is 0.296. The first-order valence-corrected chi connectivity index (χ1v) is 7.01. The predicted molar refractivity (Wildman–Crippen MR) is 82.0 cm³/mol. The van der Waals surface area contributed by atoms with Crippen molar-refractivity contribution in [2.24, 2.45) is 0 Å². The van der Waals surface area contributed by atoms with E-state index < -0.39 is 0 Å². The summed E-state index contributed by atoms with van der Waals surface area (Å²) < 4.78 is 10.9. The van der Waals surface area contributed by atoms with Crippen molar-refractivity contribution in [2.75, 3.05) is 18.5 Å². The van der Waals surface area contributed by atoms with E-state index in [-0.39, 0.29) is 5.78 Å². The molecule has 0 fully saturated rings. The summed E-state index contributed by atoms with van der Waals surface area (Å²) in [6, 6.07) is 9.88. The SMILES string of the molecule is O=CNc1cc2c(cc1C(=O)c1ccccc1Cl)OCCO2. The van der Waals surface area contributed by atoms with Crippen LogP contribution in [0.15, 0.2) is 36.4 Å². The summed E-state index contributed by atoms with van der Waals surface area (Å²) in [4.78, 5) is 23.5. The molecule has 0 saturated heterocycles. The Morgan fingerprint density at radius 1 is 1.09 bits per heavy atom. The second-order valence-corrected chi connectivity index (χ2v) is 5.02. The number of anilines is 1. The Morgan fingerprint density at radius 2 is 1.77 bits per heavy atom. The largest absolute Gasteiger partial charge is 0.486 e. The van der Waals surface area contributed by atoms with Crippen LogP contribution in [0, 0.1) is 0 Å². The molecule has 0 radical (unpaired) electrons. The molecule has 0 bridgehead atoms. The first-order chi connectivity index (χ1) is 10.7. The molecule has 112 valence electrons. The Labute approximate surface area is 131 Å². The lowest BCUT2D eigenvalue weighted by Gasteiger charge is -2.20. The van der Waals surface area contributed by atoms with Gasteiger partial charge in [0.2, 0.25) is 6.41 Å². The standard InChI is InChI=1S/C16H12ClNO4/c17-12-4-2-1-3-10(12)16(20)11-7-14-15(22-6-5-21-14)8-13(11)18-9-19/h1-4,7-9H,5-6H2,(H,18,19). The number of hydrogen-bond acceptors (Lipinski definition) is 4. The number of amides is 1. The molecular weight excluding hydrogens is 306 g/mol. The number of carbonyl (C=O) groups is 2. The van der Waals surface area contributed by atoms with Gasteiger partial charge < -0.3 is 14.8 Å². The van der Waals surface area contributed by atoms with E-state index in [4.69, 9.17) is 21.1 Å². The summed E-state index contributed by atoms with van der Waals surface area (Å²) in [5, 5.41) is 2.86. The van der Waals surface area contributed by atoms with E-state index in [9.17, 15) is 9.59 Å². The maximum Gasteiger partial charge on any atom is 0.211 e. The molecule has 1 aliphatic rings. The molecule has 0 spiro atoms. The number of rotatable bonds is 4. The third-order valence-corrected chi connectivity index (χ3v) is 3.59. The molecule has 22 heavy (non-hydrogen) atoms. The van der Waals surface area contributed by atoms with Crippen LogP contribution in [-0.2, 0) is 4.79 Å². The highest BCUT2D eigenvalue weighted by Gasteiger charge is 2.21. The summed E-state index contributed by atoms with van der Waals surface area (Å²) in [5.74, 6) is 0.663. The molecule has 0 atom stereocenters. The summed E-state index contributed by atoms with van der Waals surface area (Å²) in [5.41, 5.74) is 1.00. The van der Waals surface area contributed by atoms with Crippen molar-refractivity contribution in [3.63, 3.8) is 0 Å². The molecule has 0 unspecified atom stereocenters. The van der Waals surface area contributed by atoms with Gasteiger partial charge in [-0.05, 0) is 18.2 Å². The molecule has 1 heterocycles. The number of ether oxygens (including phenoxy) is 2. The predicted octanol–water partition coefficient (Wildman–Crippen LogP) is 2.91. The molecule has 1 amide bonds. The van der Waals surface area contributed by atoms with Gasteiger partial charge in [-0.25, -0.2) is 0 Å². The number of hydrogen-bond donors (Lipinski definition) is 1. The molecule has 0 aromatic heterocycles. The van der Waals surface area contributed by atoms with Crippen molar-refractivity contribution in [1.29, 1.82) is 0 Å². The van der Waals surface area contributed by atoms with Crippen LogP contribution >= 0.6 is 11.6 Å². The molecule has 1 aliphatic heterocycles. The smallest absolute Gasteiger partial charge is 0.211 e. The van der Waals surface area contributed by atoms with Crippen molar-refractivity contribution < 1.29 is 19.1 Å². The number of carbonyl (C=O) groups excluding carboxylic acids is 2. The highest BCUT2D eigenvalue weighted by atomic mass is 35.5. The number of ketones is 1. The molecule has 2 aromatic carbocycles. The first-order valence-electron chi connectivity index (χ1n) is 6.64. The molecule has 1 N–H and O–H groups in total. The van der Waals surface area contributed by atoms with Crippen LogP contribution in [0.2, 0.25) is 5.02 Å². The van der Waals surface area contributed by atoms with Crippen LogP contribution in [0.25, 0.3) is 0 Å². The highest BCUT2D eigenvalue weighted by molar-refractivity contribution is 6.35. The van der Waals surface area contributed by atoms with E-state index in [0.29, 0.717) is 53.0 Å². The van der Waals surface area contributed by atoms with Crippen LogP contribution in [0.5, 0.6) is 11.5 Å². The fourth-order valence-corrected chi connectivity index (χ4v) is 2.47. The zero-order chi connectivity index (χ0) is 15.5. The van der Waals surface area contributed by atoms with E-state index in [1.54, 1.807) is 36.4 Å². The van der Waals surface area contributed by atoms with E-state index >= 15 is 0 Å². The lowest BCUT2D eigenvalue weighted by molar-refractivity contribution is -0.105. The fourth-order valence-electron chi connectivity index (χ4n) is 2.25. The maximum atomic E-state index is 12.7. The van der Waals surface area contributed by atoms with Gasteiger partial charge in [-0.15, -0.1) is 0 Å². The van der Waals surface area contributed by atoms with Crippen LogP contribution < -0.4 is 14.8 Å². The second kappa shape index (κ2) is 6.07. The molecular formula is C16H12ClNO4. The van der Waals surface area contributed by atoms with Gasteiger partial charge in [-0.3, -0.25) is 9.59 Å². The first kappa shape index (κ1) is 14.4. The van der Waals surface area contributed by atoms with Crippen molar-refractivity contribution in [2.45, 2.75) is 0 Å².